The smallest absolute Gasteiger partial charge is 0.333 e. The fraction of sp³-hybridized carbons (Fsp3) is 0.692. The summed E-state index contributed by atoms with van der Waals surface area (Å²) >= 11 is 0. The van der Waals surface area contributed by atoms with Crippen molar-refractivity contribution < 1.29 is 19.1 Å². The van der Waals surface area contributed by atoms with Crippen LogP contribution in [-0.2, 0) is 19.1 Å². The first-order valence-corrected chi connectivity index (χ1v) is 5.79. The van der Waals surface area contributed by atoms with E-state index in [-0.39, 0.29) is 29.2 Å². The van der Waals surface area contributed by atoms with Crippen LogP contribution in [-0.4, -0.2) is 25.7 Å². The van der Waals surface area contributed by atoms with E-state index >= 15 is 0 Å². The molecule has 0 spiro atoms. The van der Waals surface area contributed by atoms with E-state index in [1.165, 1.54) is 7.11 Å². The van der Waals surface area contributed by atoms with Crippen LogP contribution in [0, 0.1) is 17.3 Å². The normalized spacial score (nSPS) is 26.3. The molecule has 0 radical (unpaired) electrons. The van der Waals surface area contributed by atoms with Gasteiger partial charge in [0.15, 0.2) is 0 Å². The summed E-state index contributed by atoms with van der Waals surface area (Å²) in [6.07, 6.45) is 1.81. The number of carbonyl (C=O) groups is 2. The molecule has 2 unspecified atom stereocenters. The van der Waals surface area contributed by atoms with Crippen LogP contribution in [0.3, 0.4) is 0 Å². The van der Waals surface area contributed by atoms with Gasteiger partial charge >= 0.3 is 11.9 Å². The van der Waals surface area contributed by atoms with Gasteiger partial charge in [-0.1, -0.05) is 19.9 Å². The lowest BCUT2D eigenvalue weighted by Gasteiger charge is -2.01. The summed E-state index contributed by atoms with van der Waals surface area (Å²) in [6.45, 7) is 7.87. The number of ether oxygens (including phenoxy) is 2. The number of hydrogen-bond acceptors (Lipinski definition) is 4. The first kappa shape index (κ1) is 13.7. The van der Waals surface area contributed by atoms with Crippen molar-refractivity contribution in [2.24, 2.45) is 17.3 Å². The molecular formula is C13H20O4. The summed E-state index contributed by atoms with van der Waals surface area (Å²) in [4.78, 5) is 23.0. The van der Waals surface area contributed by atoms with Crippen molar-refractivity contribution in [1.82, 2.24) is 0 Å². The van der Waals surface area contributed by atoms with Crippen LogP contribution in [0.25, 0.3) is 0 Å². The second-order valence-corrected chi connectivity index (χ2v) is 4.92. The molecule has 0 aromatic heterocycles. The zero-order chi connectivity index (χ0) is 13.2. The van der Waals surface area contributed by atoms with E-state index in [4.69, 9.17) is 4.74 Å². The molecular weight excluding hydrogens is 220 g/mol. The lowest BCUT2D eigenvalue weighted by Crippen LogP contribution is -2.10. The van der Waals surface area contributed by atoms with Crippen molar-refractivity contribution >= 4 is 11.9 Å². The number of allylic oxidation sites excluding steroid dienone is 1. The molecule has 4 heteroatoms. The molecule has 1 saturated carbocycles. The number of carbonyl (C=O) groups excluding carboxylic acids is 2. The van der Waals surface area contributed by atoms with Crippen LogP contribution < -0.4 is 0 Å². The fourth-order valence-corrected chi connectivity index (χ4v) is 2.17. The molecule has 2 atom stereocenters. The molecule has 0 N–H and O–H groups in total. The Balaban J connectivity index is 2.75. The standard InChI is InChI=1S/C13H20O4/c1-6-17-12(15)10-9(13(10,3)4)7-8(2)11(14)16-5/h7,9-10H,6H2,1-5H3/b8-7+. The van der Waals surface area contributed by atoms with Crippen LogP contribution in [0.5, 0.6) is 0 Å². The van der Waals surface area contributed by atoms with Gasteiger partial charge in [0.2, 0.25) is 0 Å². The van der Waals surface area contributed by atoms with Crippen LogP contribution in [0.1, 0.15) is 27.7 Å². The summed E-state index contributed by atoms with van der Waals surface area (Å²) in [6, 6.07) is 0. The summed E-state index contributed by atoms with van der Waals surface area (Å²) in [5, 5.41) is 0. The molecule has 0 saturated heterocycles. The van der Waals surface area contributed by atoms with Crippen molar-refractivity contribution in [3.63, 3.8) is 0 Å². The highest BCUT2D eigenvalue weighted by molar-refractivity contribution is 5.88. The average Bonchev–Trinajstić information content (AvgIpc) is 2.79. The third-order valence-electron chi connectivity index (χ3n) is 3.39. The molecule has 0 heterocycles. The number of esters is 2. The number of hydrogen-bond donors (Lipinski definition) is 0. The Labute approximate surface area is 102 Å². The van der Waals surface area contributed by atoms with Crippen LogP contribution in [0.2, 0.25) is 0 Å². The Morgan fingerprint density at radius 2 is 1.94 bits per heavy atom. The van der Waals surface area contributed by atoms with Crippen molar-refractivity contribution in [2.75, 3.05) is 13.7 Å². The van der Waals surface area contributed by atoms with Gasteiger partial charge < -0.3 is 9.47 Å². The minimum absolute atomic E-state index is 0.0562. The molecule has 0 aliphatic heterocycles. The van der Waals surface area contributed by atoms with Gasteiger partial charge in [-0.2, -0.15) is 0 Å². The highest BCUT2D eigenvalue weighted by Gasteiger charge is 2.61. The predicted molar refractivity (Wildman–Crippen MR) is 63.2 cm³/mol. The van der Waals surface area contributed by atoms with Crippen LogP contribution in [0.15, 0.2) is 11.6 Å². The topological polar surface area (TPSA) is 52.6 Å². The third-order valence-corrected chi connectivity index (χ3v) is 3.39. The van der Waals surface area contributed by atoms with Crippen molar-refractivity contribution in [2.45, 2.75) is 27.7 Å². The second-order valence-electron chi connectivity index (χ2n) is 4.92. The van der Waals surface area contributed by atoms with E-state index in [9.17, 15) is 9.59 Å². The Hall–Kier alpha value is -1.32. The third kappa shape index (κ3) is 2.68. The van der Waals surface area contributed by atoms with E-state index in [1.54, 1.807) is 13.8 Å². The molecule has 4 nitrogen and oxygen atoms in total. The summed E-state index contributed by atoms with van der Waals surface area (Å²) in [5.74, 6) is -0.630. The average molecular weight is 240 g/mol. The Morgan fingerprint density at radius 3 is 2.41 bits per heavy atom. The zero-order valence-electron chi connectivity index (χ0n) is 11.1. The van der Waals surface area contributed by atoms with Gasteiger partial charge in [-0.3, -0.25) is 4.79 Å². The molecule has 0 amide bonds. The first-order valence-electron chi connectivity index (χ1n) is 5.79. The number of rotatable bonds is 4. The SMILES string of the molecule is CCOC(=O)C1C(/C=C(\C)C(=O)OC)C1(C)C. The Kier molecular flexibility index (Phi) is 3.96. The van der Waals surface area contributed by atoms with Crippen LogP contribution in [0.4, 0.5) is 0 Å². The maximum absolute atomic E-state index is 11.7. The lowest BCUT2D eigenvalue weighted by molar-refractivity contribution is -0.145. The van der Waals surface area contributed by atoms with Crippen molar-refractivity contribution in [3.8, 4) is 0 Å². The lowest BCUT2D eigenvalue weighted by atomic mass is 10.1. The minimum Gasteiger partial charge on any atom is -0.466 e. The minimum atomic E-state index is -0.352. The molecule has 1 fully saturated rings. The Morgan fingerprint density at radius 1 is 1.35 bits per heavy atom. The van der Waals surface area contributed by atoms with Gasteiger partial charge in [0.25, 0.3) is 0 Å². The van der Waals surface area contributed by atoms with E-state index in [2.05, 4.69) is 4.74 Å². The van der Waals surface area contributed by atoms with Gasteiger partial charge in [0.1, 0.15) is 0 Å². The molecule has 0 bridgehead atoms. The van der Waals surface area contributed by atoms with E-state index in [1.807, 2.05) is 19.9 Å². The highest BCUT2D eigenvalue weighted by atomic mass is 16.5. The maximum atomic E-state index is 11.7. The van der Waals surface area contributed by atoms with E-state index in [0.717, 1.165) is 0 Å². The largest absolute Gasteiger partial charge is 0.466 e. The van der Waals surface area contributed by atoms with E-state index < -0.39 is 0 Å². The summed E-state index contributed by atoms with van der Waals surface area (Å²) < 4.78 is 9.64. The second kappa shape index (κ2) is 4.90. The Bertz CT molecular complexity index is 354. The van der Waals surface area contributed by atoms with Crippen LogP contribution >= 0.6 is 0 Å². The van der Waals surface area contributed by atoms with Crippen molar-refractivity contribution in [3.05, 3.63) is 11.6 Å². The first-order chi connectivity index (χ1) is 7.86. The maximum Gasteiger partial charge on any atom is 0.333 e. The number of methoxy groups -OCH3 is 1. The van der Waals surface area contributed by atoms with Gasteiger partial charge in [-0.15, -0.1) is 0 Å². The van der Waals surface area contributed by atoms with Crippen molar-refractivity contribution in [1.29, 1.82) is 0 Å². The van der Waals surface area contributed by atoms with Gasteiger partial charge in [0.05, 0.1) is 19.6 Å². The summed E-state index contributed by atoms with van der Waals surface area (Å²) in [5.41, 5.74) is 0.402. The summed E-state index contributed by atoms with van der Waals surface area (Å²) in [7, 11) is 1.35. The quantitative estimate of drug-likeness (QED) is 0.556. The molecule has 0 aromatic carbocycles. The molecule has 17 heavy (non-hydrogen) atoms. The molecule has 1 aliphatic carbocycles. The van der Waals surface area contributed by atoms with Gasteiger partial charge in [-0.05, 0) is 25.2 Å². The van der Waals surface area contributed by atoms with Gasteiger partial charge in [-0.25, -0.2) is 4.79 Å². The predicted octanol–water partition coefficient (Wildman–Crippen LogP) is 1.94. The molecule has 1 aliphatic rings. The van der Waals surface area contributed by atoms with E-state index in [0.29, 0.717) is 12.2 Å². The zero-order valence-corrected chi connectivity index (χ0v) is 11.1. The monoisotopic (exact) mass is 240 g/mol. The highest BCUT2D eigenvalue weighted by Crippen LogP contribution is 2.59. The molecule has 0 aromatic rings. The molecule has 1 rings (SSSR count). The van der Waals surface area contributed by atoms with Gasteiger partial charge in [0, 0.05) is 5.57 Å². The molecule has 96 valence electrons. The fourth-order valence-electron chi connectivity index (χ4n) is 2.17.